The minimum atomic E-state index is -3.63. The number of sulfonamides is 1. The van der Waals surface area contributed by atoms with Crippen molar-refractivity contribution in [3.63, 3.8) is 0 Å². The van der Waals surface area contributed by atoms with Crippen LogP contribution in [0.1, 0.15) is 12.8 Å². The summed E-state index contributed by atoms with van der Waals surface area (Å²) in [6, 6.07) is 3.65. The number of halogens is 2. The van der Waals surface area contributed by atoms with Crippen LogP contribution in [0.2, 0.25) is 0 Å². The smallest absolute Gasteiger partial charge is 0.240 e. The predicted molar refractivity (Wildman–Crippen MR) is 76.4 cm³/mol. The lowest BCUT2D eigenvalue weighted by atomic mass is 10.2. The molecule has 1 aliphatic heterocycles. The van der Waals surface area contributed by atoms with Crippen LogP contribution >= 0.6 is 12.4 Å². The summed E-state index contributed by atoms with van der Waals surface area (Å²) in [4.78, 5) is 0.00347. The highest BCUT2D eigenvalue weighted by molar-refractivity contribution is 7.89. The van der Waals surface area contributed by atoms with Gasteiger partial charge in [0, 0.05) is 18.7 Å². The van der Waals surface area contributed by atoms with E-state index in [9.17, 15) is 12.8 Å². The van der Waals surface area contributed by atoms with Gasteiger partial charge in [0.1, 0.15) is 0 Å². The van der Waals surface area contributed by atoms with Crippen LogP contribution in [0.4, 0.5) is 4.39 Å². The average molecular weight is 325 g/mol. The van der Waals surface area contributed by atoms with Gasteiger partial charge in [-0.15, -0.1) is 12.4 Å². The number of rotatable bonds is 5. The van der Waals surface area contributed by atoms with Gasteiger partial charge in [-0.3, -0.25) is 0 Å². The Bertz CT molecular complexity index is 548. The second kappa shape index (κ2) is 7.21. The highest BCUT2D eigenvalue weighted by Crippen LogP contribution is 2.21. The van der Waals surface area contributed by atoms with E-state index in [1.165, 1.54) is 19.2 Å². The minimum absolute atomic E-state index is 0. The van der Waals surface area contributed by atoms with E-state index < -0.39 is 15.8 Å². The normalized spacial score (nSPS) is 18.6. The second-order valence-corrected chi connectivity index (χ2v) is 6.21. The van der Waals surface area contributed by atoms with Gasteiger partial charge in [0.25, 0.3) is 0 Å². The van der Waals surface area contributed by atoms with E-state index in [-0.39, 0.29) is 29.1 Å². The maximum Gasteiger partial charge on any atom is 0.240 e. The van der Waals surface area contributed by atoms with E-state index >= 15 is 0 Å². The summed E-state index contributed by atoms with van der Waals surface area (Å²) in [6.45, 7) is 1.25. The Morgan fingerprint density at radius 2 is 2.25 bits per heavy atom. The van der Waals surface area contributed by atoms with Crippen molar-refractivity contribution in [2.24, 2.45) is 0 Å². The minimum Gasteiger partial charge on any atom is -0.494 e. The Balaban J connectivity index is 0.00000200. The standard InChI is InChI=1S/C12H17FN2O3S.ClH/c1-18-12-7-10(4-5-11(12)13)19(16,17)15-8-9-3-2-6-14-9;/h4-5,7,9,14-15H,2-3,6,8H2,1H3;1H. The zero-order chi connectivity index (χ0) is 13.9. The predicted octanol–water partition coefficient (Wildman–Crippen LogP) is 1.29. The summed E-state index contributed by atoms with van der Waals surface area (Å²) >= 11 is 0. The van der Waals surface area contributed by atoms with Crippen LogP contribution in [0.5, 0.6) is 5.75 Å². The van der Waals surface area contributed by atoms with Crippen molar-refractivity contribution in [1.29, 1.82) is 0 Å². The van der Waals surface area contributed by atoms with E-state index in [2.05, 4.69) is 10.0 Å². The maximum absolute atomic E-state index is 13.2. The van der Waals surface area contributed by atoms with Gasteiger partial charge in [-0.25, -0.2) is 17.5 Å². The molecule has 1 heterocycles. The lowest BCUT2D eigenvalue weighted by Crippen LogP contribution is -2.37. The third kappa shape index (κ3) is 4.05. The van der Waals surface area contributed by atoms with Crippen molar-refractivity contribution in [2.75, 3.05) is 20.2 Å². The number of benzene rings is 1. The van der Waals surface area contributed by atoms with Crippen molar-refractivity contribution in [3.05, 3.63) is 24.0 Å². The van der Waals surface area contributed by atoms with Gasteiger partial charge in [0.05, 0.1) is 12.0 Å². The molecule has 114 valence electrons. The lowest BCUT2D eigenvalue weighted by Gasteiger charge is -2.12. The van der Waals surface area contributed by atoms with Gasteiger partial charge in [-0.1, -0.05) is 0 Å². The van der Waals surface area contributed by atoms with Crippen LogP contribution in [-0.2, 0) is 10.0 Å². The molecule has 2 rings (SSSR count). The molecule has 1 unspecified atom stereocenters. The molecule has 0 saturated carbocycles. The summed E-state index contributed by atoms with van der Waals surface area (Å²) in [5.41, 5.74) is 0. The SMILES string of the molecule is COc1cc(S(=O)(=O)NCC2CCCN2)ccc1F.Cl. The number of hydrogen-bond acceptors (Lipinski definition) is 4. The maximum atomic E-state index is 13.2. The highest BCUT2D eigenvalue weighted by atomic mass is 35.5. The van der Waals surface area contributed by atoms with Crippen LogP contribution in [-0.4, -0.2) is 34.7 Å². The molecule has 0 spiro atoms. The number of hydrogen-bond donors (Lipinski definition) is 2. The Morgan fingerprint density at radius 3 is 2.85 bits per heavy atom. The molecule has 1 fully saturated rings. The molecule has 1 atom stereocenters. The molecule has 0 amide bonds. The molecule has 0 aromatic heterocycles. The molecule has 20 heavy (non-hydrogen) atoms. The quantitative estimate of drug-likeness (QED) is 0.856. The van der Waals surface area contributed by atoms with E-state index in [0.29, 0.717) is 6.54 Å². The molecule has 2 N–H and O–H groups in total. The molecule has 0 radical (unpaired) electrons. The molecule has 1 saturated heterocycles. The molecule has 1 aliphatic rings. The third-order valence-electron chi connectivity index (χ3n) is 3.12. The first-order chi connectivity index (χ1) is 9.03. The summed E-state index contributed by atoms with van der Waals surface area (Å²) < 4.78 is 44.6. The van der Waals surface area contributed by atoms with Gasteiger partial charge >= 0.3 is 0 Å². The monoisotopic (exact) mass is 324 g/mol. The third-order valence-corrected chi connectivity index (χ3v) is 4.54. The molecule has 1 aromatic rings. The highest BCUT2D eigenvalue weighted by Gasteiger charge is 2.20. The second-order valence-electron chi connectivity index (χ2n) is 4.44. The number of nitrogens with one attached hydrogen (secondary N) is 2. The summed E-state index contributed by atoms with van der Waals surface area (Å²) in [6.07, 6.45) is 2.01. The van der Waals surface area contributed by atoms with Crippen molar-refractivity contribution < 1.29 is 17.5 Å². The van der Waals surface area contributed by atoms with Gasteiger partial charge in [0.15, 0.2) is 11.6 Å². The Kier molecular flexibility index (Phi) is 6.19. The van der Waals surface area contributed by atoms with Crippen molar-refractivity contribution in [2.45, 2.75) is 23.8 Å². The van der Waals surface area contributed by atoms with Crippen molar-refractivity contribution in [3.8, 4) is 5.75 Å². The number of methoxy groups -OCH3 is 1. The average Bonchev–Trinajstić information content (AvgIpc) is 2.90. The first kappa shape index (κ1) is 17.2. The zero-order valence-electron chi connectivity index (χ0n) is 11.1. The summed E-state index contributed by atoms with van der Waals surface area (Å²) in [5.74, 6) is -0.666. The first-order valence-electron chi connectivity index (χ1n) is 6.09. The van der Waals surface area contributed by atoms with E-state index in [1.807, 2.05) is 0 Å². The van der Waals surface area contributed by atoms with Crippen LogP contribution in [0, 0.1) is 5.82 Å². The molecular formula is C12H18ClFN2O3S. The molecule has 1 aromatic carbocycles. The molecule has 8 heteroatoms. The number of ether oxygens (including phenoxy) is 1. The largest absolute Gasteiger partial charge is 0.494 e. The van der Waals surface area contributed by atoms with Gasteiger partial charge < -0.3 is 10.1 Å². The fourth-order valence-electron chi connectivity index (χ4n) is 2.03. The summed E-state index contributed by atoms with van der Waals surface area (Å²) in [7, 11) is -2.34. The fourth-order valence-corrected chi connectivity index (χ4v) is 3.13. The summed E-state index contributed by atoms with van der Waals surface area (Å²) in [5, 5.41) is 3.20. The topological polar surface area (TPSA) is 67.4 Å². The first-order valence-corrected chi connectivity index (χ1v) is 7.58. The van der Waals surface area contributed by atoms with Crippen LogP contribution in [0.3, 0.4) is 0 Å². The van der Waals surface area contributed by atoms with Gasteiger partial charge in [0.2, 0.25) is 10.0 Å². The van der Waals surface area contributed by atoms with Crippen LogP contribution < -0.4 is 14.8 Å². The van der Waals surface area contributed by atoms with Crippen LogP contribution in [0.25, 0.3) is 0 Å². The van der Waals surface area contributed by atoms with Crippen molar-refractivity contribution in [1.82, 2.24) is 10.0 Å². The Hall–Kier alpha value is -0.890. The van der Waals surface area contributed by atoms with Gasteiger partial charge in [-0.2, -0.15) is 0 Å². The van der Waals surface area contributed by atoms with E-state index in [1.54, 1.807) is 0 Å². The molecule has 0 bridgehead atoms. The van der Waals surface area contributed by atoms with Crippen LogP contribution in [0.15, 0.2) is 23.1 Å². The zero-order valence-corrected chi connectivity index (χ0v) is 12.7. The van der Waals surface area contributed by atoms with E-state index in [4.69, 9.17) is 4.74 Å². The Morgan fingerprint density at radius 1 is 1.50 bits per heavy atom. The lowest BCUT2D eigenvalue weighted by molar-refractivity contribution is 0.385. The Labute approximate surface area is 124 Å². The molecule has 0 aliphatic carbocycles. The van der Waals surface area contributed by atoms with Gasteiger partial charge in [-0.05, 0) is 31.5 Å². The molecular weight excluding hydrogens is 307 g/mol. The fraction of sp³-hybridized carbons (Fsp3) is 0.500. The molecule has 5 nitrogen and oxygen atoms in total. The van der Waals surface area contributed by atoms with E-state index in [0.717, 1.165) is 25.5 Å². The van der Waals surface area contributed by atoms with Crippen molar-refractivity contribution >= 4 is 22.4 Å².